The Morgan fingerprint density at radius 2 is 2.16 bits per heavy atom. The van der Waals surface area contributed by atoms with Gasteiger partial charge in [-0.3, -0.25) is 0 Å². The SMILES string of the molecule is CCCNC1CCCN(c2c(C)cc(C)cc2Br)C1. The van der Waals surface area contributed by atoms with Gasteiger partial charge in [-0.2, -0.15) is 0 Å². The van der Waals surface area contributed by atoms with Crippen LogP contribution >= 0.6 is 15.9 Å². The monoisotopic (exact) mass is 324 g/mol. The van der Waals surface area contributed by atoms with E-state index < -0.39 is 0 Å². The molecule has 3 heteroatoms. The zero-order valence-corrected chi connectivity index (χ0v) is 13.9. The number of nitrogens with one attached hydrogen (secondary N) is 1. The number of hydrogen-bond donors (Lipinski definition) is 1. The fourth-order valence-corrected chi connectivity index (χ4v) is 3.93. The fourth-order valence-electron chi connectivity index (χ4n) is 3.00. The van der Waals surface area contributed by atoms with Crippen LogP contribution in [0.2, 0.25) is 0 Å². The molecule has 1 unspecified atom stereocenters. The number of piperidine rings is 1. The fraction of sp³-hybridized carbons (Fsp3) is 0.625. The number of halogens is 1. The van der Waals surface area contributed by atoms with Crippen molar-refractivity contribution >= 4 is 21.6 Å². The van der Waals surface area contributed by atoms with E-state index in [-0.39, 0.29) is 0 Å². The highest BCUT2D eigenvalue weighted by Crippen LogP contribution is 2.33. The first-order chi connectivity index (χ1) is 9.11. The Morgan fingerprint density at radius 1 is 1.37 bits per heavy atom. The van der Waals surface area contributed by atoms with Gasteiger partial charge in [0.05, 0.1) is 5.69 Å². The van der Waals surface area contributed by atoms with Crippen LogP contribution in [0.4, 0.5) is 5.69 Å². The molecular formula is C16H25BrN2. The van der Waals surface area contributed by atoms with Crippen molar-refractivity contribution < 1.29 is 0 Å². The number of rotatable bonds is 4. The Labute approximate surface area is 125 Å². The van der Waals surface area contributed by atoms with Crippen molar-refractivity contribution in [2.24, 2.45) is 0 Å². The third kappa shape index (κ3) is 3.73. The summed E-state index contributed by atoms with van der Waals surface area (Å²) < 4.78 is 1.24. The first-order valence-corrected chi connectivity index (χ1v) is 8.16. The number of aryl methyl sites for hydroxylation is 2. The van der Waals surface area contributed by atoms with Gasteiger partial charge in [0.15, 0.2) is 0 Å². The normalized spacial score (nSPS) is 19.8. The van der Waals surface area contributed by atoms with E-state index in [9.17, 15) is 0 Å². The number of nitrogens with zero attached hydrogens (tertiary/aromatic N) is 1. The highest BCUT2D eigenvalue weighted by atomic mass is 79.9. The summed E-state index contributed by atoms with van der Waals surface area (Å²) in [4.78, 5) is 2.54. The van der Waals surface area contributed by atoms with E-state index in [2.05, 4.69) is 59.1 Å². The maximum Gasteiger partial charge on any atom is 0.0541 e. The second-order valence-corrected chi connectivity index (χ2v) is 6.51. The van der Waals surface area contributed by atoms with Gasteiger partial charge in [-0.1, -0.05) is 13.0 Å². The Kier molecular flexibility index (Phi) is 5.28. The molecule has 1 N–H and O–H groups in total. The lowest BCUT2D eigenvalue weighted by Gasteiger charge is -2.36. The summed E-state index contributed by atoms with van der Waals surface area (Å²) in [7, 11) is 0. The van der Waals surface area contributed by atoms with Crippen molar-refractivity contribution in [3.63, 3.8) is 0 Å². The Bertz CT molecular complexity index is 408. The van der Waals surface area contributed by atoms with Crippen molar-refractivity contribution in [2.75, 3.05) is 24.5 Å². The standard InChI is InChI=1S/C16H25BrN2/c1-4-7-18-14-6-5-8-19(11-14)16-13(3)9-12(2)10-15(16)17/h9-10,14,18H,4-8,11H2,1-3H3. The van der Waals surface area contributed by atoms with E-state index in [1.165, 1.54) is 47.1 Å². The van der Waals surface area contributed by atoms with E-state index in [0.717, 1.165) is 13.1 Å². The first kappa shape index (κ1) is 14.9. The average molecular weight is 325 g/mol. The molecule has 1 fully saturated rings. The largest absolute Gasteiger partial charge is 0.369 e. The number of hydrogen-bond acceptors (Lipinski definition) is 2. The molecule has 0 saturated carbocycles. The summed E-state index contributed by atoms with van der Waals surface area (Å²) >= 11 is 3.74. The smallest absolute Gasteiger partial charge is 0.0541 e. The van der Waals surface area contributed by atoms with E-state index in [1.54, 1.807) is 0 Å². The van der Waals surface area contributed by atoms with Gasteiger partial charge in [-0.05, 0) is 72.8 Å². The Hall–Kier alpha value is -0.540. The van der Waals surface area contributed by atoms with Crippen LogP contribution in [0.15, 0.2) is 16.6 Å². The Morgan fingerprint density at radius 3 is 2.84 bits per heavy atom. The van der Waals surface area contributed by atoms with Crippen molar-refractivity contribution in [3.8, 4) is 0 Å². The molecule has 1 atom stereocenters. The second kappa shape index (κ2) is 6.76. The highest BCUT2D eigenvalue weighted by Gasteiger charge is 2.22. The van der Waals surface area contributed by atoms with Gasteiger partial charge < -0.3 is 10.2 Å². The molecule has 19 heavy (non-hydrogen) atoms. The molecule has 1 aliphatic rings. The topological polar surface area (TPSA) is 15.3 Å². The molecule has 1 aromatic rings. The molecule has 106 valence electrons. The van der Waals surface area contributed by atoms with Crippen molar-refractivity contribution in [2.45, 2.75) is 46.1 Å². The lowest BCUT2D eigenvalue weighted by molar-refractivity contribution is 0.423. The molecule has 1 aliphatic heterocycles. The van der Waals surface area contributed by atoms with E-state index in [4.69, 9.17) is 0 Å². The lowest BCUT2D eigenvalue weighted by Crippen LogP contribution is -2.46. The zero-order valence-electron chi connectivity index (χ0n) is 12.3. The molecule has 0 aromatic heterocycles. The Balaban J connectivity index is 2.13. The molecule has 1 heterocycles. The minimum Gasteiger partial charge on any atom is -0.369 e. The highest BCUT2D eigenvalue weighted by molar-refractivity contribution is 9.10. The molecule has 2 rings (SSSR count). The molecular weight excluding hydrogens is 300 g/mol. The third-order valence-electron chi connectivity index (χ3n) is 3.82. The van der Waals surface area contributed by atoms with Crippen LogP contribution in [0.25, 0.3) is 0 Å². The number of anilines is 1. The second-order valence-electron chi connectivity index (χ2n) is 5.65. The van der Waals surface area contributed by atoms with Crippen LogP contribution in [0, 0.1) is 13.8 Å². The van der Waals surface area contributed by atoms with Gasteiger partial charge in [-0.15, -0.1) is 0 Å². The molecule has 1 aromatic carbocycles. The molecule has 0 amide bonds. The van der Waals surface area contributed by atoms with Crippen LogP contribution in [0.1, 0.15) is 37.3 Å². The van der Waals surface area contributed by atoms with Crippen LogP contribution in [-0.4, -0.2) is 25.7 Å². The van der Waals surface area contributed by atoms with Crippen LogP contribution in [-0.2, 0) is 0 Å². The van der Waals surface area contributed by atoms with Crippen LogP contribution in [0.5, 0.6) is 0 Å². The van der Waals surface area contributed by atoms with Gasteiger partial charge >= 0.3 is 0 Å². The van der Waals surface area contributed by atoms with Gasteiger partial charge in [0.2, 0.25) is 0 Å². The minimum absolute atomic E-state index is 0.640. The summed E-state index contributed by atoms with van der Waals surface area (Å²) in [5.74, 6) is 0. The molecule has 0 aliphatic carbocycles. The maximum atomic E-state index is 3.74. The molecule has 0 spiro atoms. The zero-order chi connectivity index (χ0) is 13.8. The summed E-state index contributed by atoms with van der Waals surface area (Å²) in [5.41, 5.74) is 4.09. The van der Waals surface area contributed by atoms with Gasteiger partial charge in [0, 0.05) is 23.6 Å². The van der Waals surface area contributed by atoms with E-state index in [1.807, 2.05) is 0 Å². The summed E-state index contributed by atoms with van der Waals surface area (Å²) in [5, 5.41) is 3.66. The maximum absolute atomic E-state index is 3.74. The molecule has 1 saturated heterocycles. The van der Waals surface area contributed by atoms with E-state index >= 15 is 0 Å². The number of benzene rings is 1. The van der Waals surface area contributed by atoms with Crippen molar-refractivity contribution in [3.05, 3.63) is 27.7 Å². The van der Waals surface area contributed by atoms with E-state index in [0.29, 0.717) is 6.04 Å². The first-order valence-electron chi connectivity index (χ1n) is 7.37. The minimum atomic E-state index is 0.640. The predicted molar refractivity (Wildman–Crippen MR) is 87.1 cm³/mol. The van der Waals surface area contributed by atoms with Crippen molar-refractivity contribution in [1.29, 1.82) is 0 Å². The third-order valence-corrected chi connectivity index (χ3v) is 4.42. The van der Waals surface area contributed by atoms with Crippen LogP contribution in [0.3, 0.4) is 0 Å². The lowest BCUT2D eigenvalue weighted by atomic mass is 10.0. The molecule has 2 nitrogen and oxygen atoms in total. The van der Waals surface area contributed by atoms with Gasteiger partial charge in [0.25, 0.3) is 0 Å². The summed E-state index contributed by atoms with van der Waals surface area (Å²) in [6, 6.07) is 5.15. The molecule has 0 bridgehead atoms. The molecule has 0 radical (unpaired) electrons. The summed E-state index contributed by atoms with van der Waals surface area (Å²) in [6.07, 6.45) is 3.80. The predicted octanol–water partition coefficient (Wildman–Crippen LogP) is 4.03. The van der Waals surface area contributed by atoms with Gasteiger partial charge in [0.1, 0.15) is 0 Å². The van der Waals surface area contributed by atoms with Crippen molar-refractivity contribution in [1.82, 2.24) is 5.32 Å². The van der Waals surface area contributed by atoms with Crippen LogP contribution < -0.4 is 10.2 Å². The average Bonchev–Trinajstić information content (AvgIpc) is 2.35. The quantitative estimate of drug-likeness (QED) is 0.899. The summed E-state index contributed by atoms with van der Waals surface area (Å²) in [6.45, 7) is 10.0. The van der Waals surface area contributed by atoms with Gasteiger partial charge in [-0.25, -0.2) is 0 Å².